The lowest BCUT2D eigenvalue weighted by molar-refractivity contribution is 0.0987. The number of carbonyl (C=O) groups excluding carboxylic acids is 1. The number of H-pyrrole nitrogens is 1. The number of hydrogen-bond donors (Lipinski definition) is 2. The van der Waals surface area contributed by atoms with Gasteiger partial charge in [-0.1, -0.05) is 0 Å². The van der Waals surface area contributed by atoms with Crippen LogP contribution in [0.3, 0.4) is 0 Å². The van der Waals surface area contributed by atoms with Gasteiger partial charge in [-0.2, -0.15) is 5.10 Å². The number of ether oxygens (including phenoxy) is 1. The number of carbonyl (C=O) groups is 1. The second-order valence-electron chi connectivity index (χ2n) is 4.60. The molecule has 2 N–H and O–H groups in total. The topological polar surface area (TPSA) is 93.0 Å². The van der Waals surface area contributed by atoms with Crippen LogP contribution in [0.2, 0.25) is 0 Å². The van der Waals surface area contributed by atoms with Crippen LogP contribution < -0.4 is 5.32 Å². The number of amides is 1. The largest absolute Gasteiger partial charge is 0.453 e. The van der Waals surface area contributed by atoms with Gasteiger partial charge < -0.3 is 14.5 Å². The lowest BCUT2D eigenvalue weighted by Crippen LogP contribution is -2.11. The molecule has 108 valence electrons. The molecule has 0 aromatic carbocycles. The van der Waals surface area contributed by atoms with E-state index in [1.54, 1.807) is 25.4 Å². The summed E-state index contributed by atoms with van der Waals surface area (Å²) in [6.07, 6.45) is 1.56. The van der Waals surface area contributed by atoms with Crippen molar-refractivity contribution in [2.75, 3.05) is 12.4 Å². The van der Waals surface area contributed by atoms with Gasteiger partial charge in [0.2, 0.25) is 0 Å². The summed E-state index contributed by atoms with van der Waals surface area (Å²) < 4.78 is 10.3. The van der Waals surface area contributed by atoms with Gasteiger partial charge in [0.25, 0.3) is 5.91 Å². The molecule has 3 rings (SSSR count). The zero-order valence-electron chi connectivity index (χ0n) is 11.6. The molecule has 0 unspecified atom stereocenters. The molecule has 7 nitrogen and oxygen atoms in total. The number of aryl methyl sites for hydroxylation is 1. The van der Waals surface area contributed by atoms with Crippen molar-refractivity contribution >= 4 is 22.6 Å². The molecule has 21 heavy (non-hydrogen) atoms. The van der Waals surface area contributed by atoms with Gasteiger partial charge in [0.1, 0.15) is 12.4 Å². The monoisotopic (exact) mass is 286 g/mol. The van der Waals surface area contributed by atoms with E-state index in [0.717, 1.165) is 11.1 Å². The molecule has 0 saturated carbocycles. The van der Waals surface area contributed by atoms with Crippen molar-refractivity contribution in [3.05, 3.63) is 41.6 Å². The Morgan fingerprint density at radius 1 is 1.48 bits per heavy atom. The SMILES string of the molecule is COCc1ccc(C(=O)Nc2cnc3n[nH]c(C)c3c2)o1. The Balaban J connectivity index is 1.80. The van der Waals surface area contributed by atoms with Gasteiger partial charge in [-0.05, 0) is 25.1 Å². The molecule has 7 heteroatoms. The molecule has 0 spiro atoms. The molecule has 0 aliphatic rings. The van der Waals surface area contributed by atoms with E-state index in [1.807, 2.05) is 13.0 Å². The smallest absolute Gasteiger partial charge is 0.291 e. The molecule has 0 aliphatic carbocycles. The Hall–Kier alpha value is -2.67. The van der Waals surface area contributed by atoms with Gasteiger partial charge in [0.05, 0.1) is 11.9 Å². The standard InChI is InChI=1S/C14H14N4O3/c1-8-11-5-9(6-15-13(11)18-17-8)16-14(19)12-4-3-10(21-12)7-20-2/h3-6H,7H2,1-2H3,(H,16,19)(H,15,17,18). The zero-order valence-corrected chi connectivity index (χ0v) is 11.6. The van der Waals surface area contributed by atoms with E-state index in [4.69, 9.17) is 9.15 Å². The van der Waals surface area contributed by atoms with E-state index in [2.05, 4.69) is 20.5 Å². The van der Waals surface area contributed by atoms with Crippen molar-refractivity contribution in [2.45, 2.75) is 13.5 Å². The van der Waals surface area contributed by atoms with Crippen LogP contribution in [-0.2, 0) is 11.3 Å². The van der Waals surface area contributed by atoms with Gasteiger partial charge in [0, 0.05) is 18.2 Å². The zero-order chi connectivity index (χ0) is 14.8. The Morgan fingerprint density at radius 3 is 3.14 bits per heavy atom. The van der Waals surface area contributed by atoms with Gasteiger partial charge in [-0.15, -0.1) is 0 Å². The molecule has 0 fully saturated rings. The predicted octanol–water partition coefficient (Wildman–Crippen LogP) is 2.26. The number of rotatable bonds is 4. The summed E-state index contributed by atoms with van der Waals surface area (Å²) in [7, 11) is 1.57. The van der Waals surface area contributed by atoms with Crippen molar-refractivity contribution in [3.8, 4) is 0 Å². The van der Waals surface area contributed by atoms with Crippen LogP contribution in [-0.4, -0.2) is 28.2 Å². The van der Waals surface area contributed by atoms with Crippen LogP contribution in [0.1, 0.15) is 22.0 Å². The molecule has 0 atom stereocenters. The maximum atomic E-state index is 12.1. The Morgan fingerprint density at radius 2 is 2.33 bits per heavy atom. The van der Waals surface area contributed by atoms with Crippen molar-refractivity contribution in [3.63, 3.8) is 0 Å². The second-order valence-corrected chi connectivity index (χ2v) is 4.60. The summed E-state index contributed by atoms with van der Waals surface area (Å²) in [5, 5.41) is 10.5. The van der Waals surface area contributed by atoms with Crippen molar-refractivity contribution < 1.29 is 13.9 Å². The minimum atomic E-state index is -0.334. The number of aromatic nitrogens is 3. The number of pyridine rings is 1. The number of aromatic amines is 1. The molecular weight excluding hydrogens is 272 g/mol. The summed E-state index contributed by atoms with van der Waals surface area (Å²) in [5.41, 5.74) is 2.10. The predicted molar refractivity (Wildman–Crippen MR) is 76.0 cm³/mol. The van der Waals surface area contributed by atoms with Gasteiger partial charge in [-0.3, -0.25) is 9.89 Å². The lowest BCUT2D eigenvalue weighted by Gasteiger charge is -2.02. The molecule has 3 aromatic rings. The fourth-order valence-electron chi connectivity index (χ4n) is 2.00. The molecular formula is C14H14N4O3. The maximum Gasteiger partial charge on any atom is 0.291 e. The minimum absolute atomic E-state index is 0.228. The fraction of sp³-hybridized carbons (Fsp3) is 0.214. The number of nitrogens with zero attached hydrogens (tertiary/aromatic N) is 2. The van der Waals surface area contributed by atoms with Gasteiger partial charge in [-0.25, -0.2) is 4.98 Å². The molecule has 0 bridgehead atoms. The van der Waals surface area contributed by atoms with Crippen LogP contribution in [0.4, 0.5) is 5.69 Å². The highest BCUT2D eigenvalue weighted by molar-refractivity contribution is 6.03. The van der Waals surface area contributed by atoms with Crippen LogP contribution in [0, 0.1) is 6.92 Å². The van der Waals surface area contributed by atoms with Crippen molar-refractivity contribution in [1.29, 1.82) is 0 Å². The third-order valence-electron chi connectivity index (χ3n) is 3.03. The van der Waals surface area contributed by atoms with Crippen LogP contribution >= 0.6 is 0 Å². The third-order valence-corrected chi connectivity index (χ3v) is 3.03. The van der Waals surface area contributed by atoms with E-state index in [-0.39, 0.29) is 11.7 Å². The first-order valence-corrected chi connectivity index (χ1v) is 6.37. The normalized spacial score (nSPS) is 11.0. The van der Waals surface area contributed by atoms with Crippen LogP contribution in [0.15, 0.2) is 28.8 Å². The van der Waals surface area contributed by atoms with E-state index >= 15 is 0 Å². The number of anilines is 1. The summed E-state index contributed by atoms with van der Waals surface area (Å²) in [4.78, 5) is 16.3. The van der Waals surface area contributed by atoms with Gasteiger partial charge >= 0.3 is 0 Å². The lowest BCUT2D eigenvalue weighted by atomic mass is 10.2. The average Bonchev–Trinajstić information content (AvgIpc) is 3.07. The average molecular weight is 286 g/mol. The highest BCUT2D eigenvalue weighted by atomic mass is 16.5. The Bertz CT molecular complexity index is 790. The first-order valence-electron chi connectivity index (χ1n) is 6.37. The Kier molecular flexibility index (Phi) is 3.41. The number of fused-ring (bicyclic) bond motifs is 1. The summed E-state index contributed by atoms with van der Waals surface area (Å²) in [6.45, 7) is 2.22. The third kappa shape index (κ3) is 2.63. The van der Waals surface area contributed by atoms with Gasteiger partial charge in [0.15, 0.2) is 11.4 Å². The highest BCUT2D eigenvalue weighted by Crippen LogP contribution is 2.18. The molecule has 1 amide bonds. The summed E-state index contributed by atoms with van der Waals surface area (Å²) in [5.74, 6) is 0.493. The van der Waals surface area contributed by atoms with Crippen molar-refractivity contribution in [1.82, 2.24) is 15.2 Å². The minimum Gasteiger partial charge on any atom is -0.453 e. The first-order chi connectivity index (χ1) is 10.2. The highest BCUT2D eigenvalue weighted by Gasteiger charge is 2.12. The second kappa shape index (κ2) is 5.37. The maximum absolute atomic E-state index is 12.1. The summed E-state index contributed by atoms with van der Waals surface area (Å²) >= 11 is 0. The van der Waals surface area contributed by atoms with E-state index in [0.29, 0.717) is 23.7 Å². The molecule has 0 aliphatic heterocycles. The molecule has 0 radical (unpaired) electrons. The number of furan rings is 1. The van der Waals surface area contributed by atoms with Crippen molar-refractivity contribution in [2.24, 2.45) is 0 Å². The first kappa shape index (κ1) is 13.3. The van der Waals surface area contributed by atoms with E-state index in [1.165, 1.54) is 0 Å². The number of nitrogens with one attached hydrogen (secondary N) is 2. The summed E-state index contributed by atoms with van der Waals surface area (Å²) in [6, 6.07) is 5.14. The number of hydrogen-bond acceptors (Lipinski definition) is 5. The molecule has 3 aromatic heterocycles. The Labute approximate surface area is 120 Å². The molecule has 0 saturated heterocycles. The molecule has 3 heterocycles. The quantitative estimate of drug-likeness (QED) is 0.767. The number of methoxy groups -OCH3 is 1. The van der Waals surface area contributed by atoms with E-state index in [9.17, 15) is 4.79 Å². The fourth-order valence-corrected chi connectivity index (χ4v) is 2.00. The van der Waals surface area contributed by atoms with Crippen LogP contribution in [0.5, 0.6) is 0 Å². The van der Waals surface area contributed by atoms with E-state index < -0.39 is 0 Å². The van der Waals surface area contributed by atoms with Crippen LogP contribution in [0.25, 0.3) is 11.0 Å².